The van der Waals surface area contributed by atoms with Crippen LogP contribution in [0, 0.1) is 30.6 Å². The molecule has 88 valence electrons. The number of halogens is 1. The van der Waals surface area contributed by atoms with E-state index in [0.717, 1.165) is 21.3 Å². The van der Waals surface area contributed by atoms with Gasteiger partial charge in [-0.25, -0.2) is 0 Å². The van der Waals surface area contributed by atoms with Crippen LogP contribution >= 0.6 is 15.9 Å². The van der Waals surface area contributed by atoms with Crippen LogP contribution in [0.3, 0.4) is 0 Å². The molecule has 1 fully saturated rings. The van der Waals surface area contributed by atoms with E-state index in [1.54, 1.807) is 0 Å². The fourth-order valence-electron chi connectivity index (χ4n) is 1.78. The van der Waals surface area contributed by atoms with E-state index in [1.807, 2.05) is 26.0 Å². The number of aryl methyl sites for hydroxylation is 2. The monoisotopic (exact) mass is 292 g/mol. The second-order valence-electron chi connectivity index (χ2n) is 4.57. The zero-order valence-corrected chi connectivity index (χ0v) is 11.4. The van der Waals surface area contributed by atoms with E-state index in [-0.39, 0.29) is 5.91 Å². The Kier molecular flexibility index (Phi) is 2.96. The first-order valence-corrected chi connectivity index (χ1v) is 6.27. The van der Waals surface area contributed by atoms with Crippen molar-refractivity contribution in [3.8, 4) is 6.07 Å². The SMILES string of the molecule is Cc1cc(NC(=O)C2(C#N)CC2)cc(C)c1Br. The number of carbonyl (C=O) groups excluding carboxylic acids is 1. The quantitative estimate of drug-likeness (QED) is 0.909. The number of amides is 1. The molecule has 1 aliphatic rings. The van der Waals surface area contributed by atoms with Gasteiger partial charge in [0.2, 0.25) is 5.91 Å². The molecule has 0 aliphatic heterocycles. The van der Waals surface area contributed by atoms with E-state index in [2.05, 4.69) is 27.3 Å². The lowest BCUT2D eigenvalue weighted by molar-refractivity contribution is -0.119. The highest BCUT2D eigenvalue weighted by Crippen LogP contribution is 2.45. The molecule has 0 unspecified atom stereocenters. The molecule has 1 aliphatic carbocycles. The van der Waals surface area contributed by atoms with Crippen LogP contribution in [0.25, 0.3) is 0 Å². The van der Waals surface area contributed by atoms with Crippen molar-refractivity contribution in [2.45, 2.75) is 26.7 Å². The number of nitriles is 1. The van der Waals surface area contributed by atoms with E-state index < -0.39 is 5.41 Å². The summed E-state index contributed by atoms with van der Waals surface area (Å²) >= 11 is 3.48. The summed E-state index contributed by atoms with van der Waals surface area (Å²) in [6, 6.07) is 5.90. The summed E-state index contributed by atoms with van der Waals surface area (Å²) < 4.78 is 1.05. The van der Waals surface area contributed by atoms with Crippen LogP contribution in [0.15, 0.2) is 16.6 Å². The molecule has 0 aromatic heterocycles. The summed E-state index contributed by atoms with van der Waals surface area (Å²) in [5.41, 5.74) is 2.13. The van der Waals surface area contributed by atoms with Crippen molar-refractivity contribution in [1.29, 1.82) is 5.26 Å². The van der Waals surface area contributed by atoms with Crippen molar-refractivity contribution in [2.75, 3.05) is 5.32 Å². The predicted molar refractivity (Wildman–Crippen MR) is 69.5 cm³/mol. The first-order chi connectivity index (χ1) is 7.98. The fourth-order valence-corrected chi connectivity index (χ4v) is 2.01. The van der Waals surface area contributed by atoms with Gasteiger partial charge in [0.05, 0.1) is 6.07 Å². The molecule has 1 aromatic carbocycles. The molecule has 0 bridgehead atoms. The van der Waals surface area contributed by atoms with E-state index in [1.165, 1.54) is 0 Å². The third-order valence-corrected chi connectivity index (χ3v) is 4.34. The highest BCUT2D eigenvalue weighted by atomic mass is 79.9. The molecule has 1 aromatic rings. The summed E-state index contributed by atoms with van der Waals surface area (Å²) in [7, 11) is 0. The largest absolute Gasteiger partial charge is 0.325 e. The normalized spacial score (nSPS) is 16.1. The molecule has 2 rings (SSSR count). The van der Waals surface area contributed by atoms with Gasteiger partial charge in [0, 0.05) is 10.2 Å². The number of rotatable bonds is 2. The van der Waals surface area contributed by atoms with Gasteiger partial charge in [-0.3, -0.25) is 4.79 Å². The highest BCUT2D eigenvalue weighted by molar-refractivity contribution is 9.10. The topological polar surface area (TPSA) is 52.9 Å². The van der Waals surface area contributed by atoms with Crippen LogP contribution in [-0.2, 0) is 4.79 Å². The fraction of sp³-hybridized carbons (Fsp3) is 0.385. The van der Waals surface area contributed by atoms with Crippen molar-refractivity contribution >= 4 is 27.5 Å². The number of benzene rings is 1. The molecule has 1 saturated carbocycles. The van der Waals surface area contributed by atoms with Gasteiger partial charge in [0.15, 0.2) is 0 Å². The third kappa shape index (κ3) is 2.20. The molecule has 0 heterocycles. The van der Waals surface area contributed by atoms with Gasteiger partial charge in [-0.2, -0.15) is 5.26 Å². The molecule has 17 heavy (non-hydrogen) atoms. The summed E-state index contributed by atoms with van der Waals surface area (Å²) in [6.45, 7) is 3.95. The lowest BCUT2D eigenvalue weighted by Crippen LogP contribution is -2.22. The van der Waals surface area contributed by atoms with E-state index >= 15 is 0 Å². The Morgan fingerprint density at radius 3 is 2.35 bits per heavy atom. The Bertz CT molecular complexity index is 504. The molecule has 0 spiro atoms. The van der Waals surface area contributed by atoms with Gasteiger partial charge in [-0.1, -0.05) is 15.9 Å². The minimum absolute atomic E-state index is 0.180. The Balaban J connectivity index is 2.21. The number of hydrogen-bond donors (Lipinski definition) is 1. The summed E-state index contributed by atoms with van der Waals surface area (Å²) in [5, 5.41) is 11.8. The molecule has 0 atom stereocenters. The van der Waals surface area contributed by atoms with Crippen LogP contribution in [0.5, 0.6) is 0 Å². The van der Waals surface area contributed by atoms with Crippen molar-refractivity contribution in [1.82, 2.24) is 0 Å². The molecule has 3 nitrogen and oxygen atoms in total. The first-order valence-electron chi connectivity index (χ1n) is 5.48. The number of hydrogen-bond acceptors (Lipinski definition) is 2. The lowest BCUT2D eigenvalue weighted by atomic mass is 10.1. The molecule has 4 heteroatoms. The Labute approximate surface area is 109 Å². The van der Waals surface area contributed by atoms with E-state index in [9.17, 15) is 4.79 Å². The molecule has 1 amide bonds. The van der Waals surface area contributed by atoms with Gasteiger partial charge in [-0.15, -0.1) is 0 Å². The number of carbonyl (C=O) groups is 1. The van der Waals surface area contributed by atoms with Gasteiger partial charge >= 0.3 is 0 Å². The molecule has 1 N–H and O–H groups in total. The van der Waals surface area contributed by atoms with Gasteiger partial charge in [0.25, 0.3) is 0 Å². The van der Waals surface area contributed by atoms with E-state index in [4.69, 9.17) is 5.26 Å². The van der Waals surface area contributed by atoms with Crippen LogP contribution in [0.2, 0.25) is 0 Å². The molecular weight excluding hydrogens is 280 g/mol. The highest BCUT2D eigenvalue weighted by Gasteiger charge is 2.50. The maximum absolute atomic E-state index is 11.9. The Morgan fingerprint density at radius 2 is 1.94 bits per heavy atom. The zero-order valence-electron chi connectivity index (χ0n) is 9.80. The zero-order chi connectivity index (χ0) is 12.6. The molecule has 0 saturated heterocycles. The average Bonchev–Trinajstić information content (AvgIpc) is 3.06. The second-order valence-corrected chi connectivity index (χ2v) is 5.37. The third-order valence-electron chi connectivity index (χ3n) is 3.09. The maximum atomic E-state index is 11.9. The van der Waals surface area contributed by atoms with Crippen molar-refractivity contribution in [3.05, 3.63) is 27.7 Å². The van der Waals surface area contributed by atoms with Crippen molar-refractivity contribution in [3.63, 3.8) is 0 Å². The summed E-state index contributed by atoms with van der Waals surface area (Å²) in [6.07, 6.45) is 1.34. The van der Waals surface area contributed by atoms with Crippen molar-refractivity contribution < 1.29 is 4.79 Å². The van der Waals surface area contributed by atoms with Crippen LogP contribution in [0.4, 0.5) is 5.69 Å². The number of anilines is 1. The molecular formula is C13H13BrN2O. The van der Waals surface area contributed by atoms with Crippen molar-refractivity contribution in [2.24, 2.45) is 5.41 Å². The second kappa shape index (κ2) is 4.15. The van der Waals surface area contributed by atoms with Crippen LogP contribution < -0.4 is 5.32 Å². The summed E-state index contributed by atoms with van der Waals surface area (Å²) in [4.78, 5) is 11.9. The lowest BCUT2D eigenvalue weighted by Gasteiger charge is -2.11. The summed E-state index contributed by atoms with van der Waals surface area (Å²) in [5.74, 6) is -0.180. The number of nitrogens with one attached hydrogen (secondary N) is 1. The van der Waals surface area contributed by atoms with E-state index in [0.29, 0.717) is 12.8 Å². The van der Waals surface area contributed by atoms with Gasteiger partial charge in [-0.05, 0) is 49.9 Å². The Morgan fingerprint density at radius 1 is 1.41 bits per heavy atom. The Hall–Kier alpha value is -1.34. The van der Waals surface area contributed by atoms with Gasteiger partial charge < -0.3 is 5.32 Å². The first kappa shape index (κ1) is 12.1. The van der Waals surface area contributed by atoms with Crippen LogP contribution in [-0.4, -0.2) is 5.91 Å². The predicted octanol–water partition coefficient (Wildman–Crippen LogP) is 3.31. The molecule has 0 radical (unpaired) electrons. The number of nitrogens with zero attached hydrogens (tertiary/aromatic N) is 1. The maximum Gasteiger partial charge on any atom is 0.244 e. The standard InChI is InChI=1S/C13H13BrN2O/c1-8-5-10(6-9(2)11(8)14)16-12(17)13(7-15)3-4-13/h5-6H,3-4H2,1-2H3,(H,16,17). The van der Waals surface area contributed by atoms with Crippen LogP contribution in [0.1, 0.15) is 24.0 Å². The average molecular weight is 293 g/mol. The minimum Gasteiger partial charge on any atom is -0.325 e. The smallest absolute Gasteiger partial charge is 0.244 e. The minimum atomic E-state index is -0.769. The van der Waals surface area contributed by atoms with Gasteiger partial charge in [0.1, 0.15) is 5.41 Å².